The van der Waals surface area contributed by atoms with Gasteiger partial charge in [-0.15, -0.1) is 0 Å². The third kappa shape index (κ3) is 6.62. The SMILES string of the molecule is Cc1c(C(=O)NC2CC(C(=O)O)C2)cc(-c2cc(C(=O)NCC(F)(F)F)cc(C3(C)CC3)c2)n1CC1CCCCC1. The van der Waals surface area contributed by atoms with E-state index in [0.717, 1.165) is 55.5 Å². The molecule has 0 saturated heterocycles. The number of rotatable bonds is 9. The Hall–Kier alpha value is -3.30. The lowest BCUT2D eigenvalue weighted by molar-refractivity contribution is -0.145. The van der Waals surface area contributed by atoms with Crippen LogP contribution in [0.25, 0.3) is 11.3 Å². The van der Waals surface area contributed by atoms with E-state index < -0.39 is 30.5 Å². The van der Waals surface area contributed by atoms with Crippen LogP contribution in [0.4, 0.5) is 13.2 Å². The summed E-state index contributed by atoms with van der Waals surface area (Å²) in [6.45, 7) is 3.27. The minimum absolute atomic E-state index is 0.143. The fourth-order valence-electron chi connectivity index (χ4n) is 6.19. The maximum atomic E-state index is 13.4. The molecule has 0 spiro atoms. The van der Waals surface area contributed by atoms with Crippen molar-refractivity contribution >= 4 is 17.8 Å². The van der Waals surface area contributed by atoms with Crippen molar-refractivity contribution in [3.8, 4) is 11.3 Å². The van der Waals surface area contributed by atoms with Crippen LogP contribution in [-0.4, -0.2) is 46.2 Å². The molecule has 3 saturated carbocycles. The molecule has 3 N–H and O–H groups in total. The number of carboxylic acids is 1. The molecule has 2 aromatic rings. The van der Waals surface area contributed by atoms with E-state index in [9.17, 15) is 32.7 Å². The number of nitrogens with zero attached hydrogens (tertiary/aromatic N) is 1. The highest BCUT2D eigenvalue weighted by molar-refractivity contribution is 5.98. The van der Waals surface area contributed by atoms with E-state index in [4.69, 9.17) is 0 Å². The second-order valence-corrected chi connectivity index (χ2v) is 12.5. The maximum Gasteiger partial charge on any atom is 0.405 e. The highest BCUT2D eigenvalue weighted by Gasteiger charge is 2.40. The van der Waals surface area contributed by atoms with Gasteiger partial charge in [-0.2, -0.15) is 13.2 Å². The molecule has 10 heteroatoms. The van der Waals surface area contributed by atoms with Crippen molar-refractivity contribution in [1.82, 2.24) is 15.2 Å². The third-order valence-electron chi connectivity index (χ3n) is 9.24. The number of carbonyl (C=O) groups is 3. The van der Waals surface area contributed by atoms with E-state index in [-0.39, 0.29) is 22.9 Å². The van der Waals surface area contributed by atoms with Crippen LogP contribution in [0, 0.1) is 18.8 Å². The first-order valence-corrected chi connectivity index (χ1v) is 14.6. The number of halogens is 3. The van der Waals surface area contributed by atoms with Crippen molar-refractivity contribution in [2.24, 2.45) is 11.8 Å². The number of hydrogen-bond donors (Lipinski definition) is 3. The molecule has 1 heterocycles. The van der Waals surface area contributed by atoms with Gasteiger partial charge in [0.15, 0.2) is 0 Å². The van der Waals surface area contributed by atoms with Crippen LogP contribution in [0.5, 0.6) is 0 Å². The van der Waals surface area contributed by atoms with Crippen LogP contribution in [0.2, 0.25) is 0 Å². The van der Waals surface area contributed by atoms with E-state index in [0.29, 0.717) is 36.4 Å². The molecule has 3 aliphatic carbocycles. The van der Waals surface area contributed by atoms with Gasteiger partial charge in [0.05, 0.1) is 11.5 Å². The van der Waals surface area contributed by atoms with E-state index >= 15 is 0 Å². The first-order chi connectivity index (χ1) is 19.3. The van der Waals surface area contributed by atoms with Crippen molar-refractivity contribution in [1.29, 1.82) is 0 Å². The zero-order chi connectivity index (χ0) is 29.5. The van der Waals surface area contributed by atoms with Crippen molar-refractivity contribution in [2.45, 2.75) is 95.8 Å². The molecule has 1 aromatic carbocycles. The van der Waals surface area contributed by atoms with Gasteiger partial charge >= 0.3 is 12.1 Å². The minimum Gasteiger partial charge on any atom is -0.481 e. The molecule has 5 rings (SSSR count). The normalized spacial score (nSPS) is 22.1. The standard InChI is InChI=1S/C31H38F3N3O4/c1-18-25(28(39)36-24-13-22(14-24)29(40)41)15-26(37(18)16-19-6-4-3-5-7-19)20-10-21(27(38)35-17-31(32,33)34)12-23(11-20)30(2)8-9-30/h10-12,15,19,22,24H,3-9,13-14,16-17H2,1-2H3,(H,35,38)(H,36,39)(H,40,41). The summed E-state index contributed by atoms with van der Waals surface area (Å²) in [4.78, 5) is 37.4. The van der Waals surface area contributed by atoms with Gasteiger partial charge in [-0.3, -0.25) is 14.4 Å². The zero-order valence-electron chi connectivity index (χ0n) is 23.6. The fourth-order valence-corrected chi connectivity index (χ4v) is 6.19. The molecule has 7 nitrogen and oxygen atoms in total. The molecule has 222 valence electrons. The third-order valence-corrected chi connectivity index (χ3v) is 9.24. The predicted molar refractivity (Wildman–Crippen MR) is 148 cm³/mol. The molecule has 1 aromatic heterocycles. The summed E-state index contributed by atoms with van der Waals surface area (Å²) < 4.78 is 40.7. The molecule has 0 aliphatic heterocycles. The largest absolute Gasteiger partial charge is 0.481 e. The Labute approximate surface area is 237 Å². The van der Waals surface area contributed by atoms with Gasteiger partial charge in [-0.25, -0.2) is 0 Å². The lowest BCUT2D eigenvalue weighted by atomic mass is 9.80. The van der Waals surface area contributed by atoms with Crippen LogP contribution in [-0.2, 0) is 16.8 Å². The van der Waals surface area contributed by atoms with Gasteiger partial charge in [0.25, 0.3) is 11.8 Å². The van der Waals surface area contributed by atoms with E-state index in [1.807, 2.05) is 24.4 Å². The topological polar surface area (TPSA) is 100 Å². The van der Waals surface area contributed by atoms with Crippen LogP contribution in [0.15, 0.2) is 24.3 Å². The molecule has 0 bridgehead atoms. The first-order valence-electron chi connectivity index (χ1n) is 14.6. The summed E-state index contributed by atoms with van der Waals surface area (Å²) in [7, 11) is 0. The summed E-state index contributed by atoms with van der Waals surface area (Å²) in [6, 6.07) is 6.93. The molecule has 0 atom stereocenters. The van der Waals surface area contributed by atoms with Crippen LogP contribution in [0.1, 0.15) is 96.7 Å². The Kier molecular flexibility index (Phi) is 7.96. The number of aliphatic carboxylic acids is 1. The number of benzene rings is 1. The van der Waals surface area contributed by atoms with Crippen molar-refractivity contribution in [3.63, 3.8) is 0 Å². The Bertz CT molecular complexity index is 1330. The Morgan fingerprint density at radius 3 is 2.32 bits per heavy atom. The average Bonchev–Trinajstić information content (AvgIpc) is 3.58. The monoisotopic (exact) mass is 573 g/mol. The molecule has 0 unspecified atom stereocenters. The molecule has 41 heavy (non-hydrogen) atoms. The van der Waals surface area contributed by atoms with Crippen LogP contribution in [0.3, 0.4) is 0 Å². The number of amides is 2. The Balaban J connectivity index is 1.50. The number of nitrogens with one attached hydrogen (secondary N) is 2. The lowest BCUT2D eigenvalue weighted by Crippen LogP contribution is -2.46. The van der Waals surface area contributed by atoms with Gasteiger partial charge in [-0.05, 0) is 92.2 Å². The summed E-state index contributed by atoms with van der Waals surface area (Å²) in [5.41, 5.74) is 3.64. The highest BCUT2D eigenvalue weighted by atomic mass is 19.4. The molecular formula is C31H38F3N3O4. The molecule has 0 radical (unpaired) electrons. The van der Waals surface area contributed by atoms with Crippen molar-refractivity contribution in [3.05, 3.63) is 46.6 Å². The highest BCUT2D eigenvalue weighted by Crippen LogP contribution is 2.49. The van der Waals surface area contributed by atoms with Gasteiger partial charge in [0.1, 0.15) is 6.54 Å². The Morgan fingerprint density at radius 2 is 1.71 bits per heavy atom. The first kappa shape index (κ1) is 29.2. The lowest BCUT2D eigenvalue weighted by Gasteiger charge is -2.32. The predicted octanol–water partition coefficient (Wildman–Crippen LogP) is 5.98. The van der Waals surface area contributed by atoms with Crippen molar-refractivity contribution < 1.29 is 32.7 Å². The van der Waals surface area contributed by atoms with Crippen molar-refractivity contribution in [2.75, 3.05) is 6.54 Å². The number of aromatic nitrogens is 1. The van der Waals surface area contributed by atoms with E-state index in [1.54, 1.807) is 12.1 Å². The number of alkyl halides is 3. The number of hydrogen-bond acceptors (Lipinski definition) is 3. The van der Waals surface area contributed by atoms with Gasteiger partial charge in [-0.1, -0.05) is 26.2 Å². The maximum absolute atomic E-state index is 13.4. The minimum atomic E-state index is -4.52. The zero-order valence-corrected chi connectivity index (χ0v) is 23.6. The quantitative estimate of drug-likeness (QED) is 0.344. The molecular weight excluding hydrogens is 535 g/mol. The molecule has 3 fully saturated rings. The smallest absolute Gasteiger partial charge is 0.405 e. The van der Waals surface area contributed by atoms with Gasteiger partial charge in [0.2, 0.25) is 0 Å². The number of carboxylic acid groups (broad SMARTS) is 1. The molecule has 3 aliphatic rings. The summed E-state index contributed by atoms with van der Waals surface area (Å²) in [5, 5.41) is 14.2. The average molecular weight is 574 g/mol. The number of carbonyl (C=O) groups excluding carboxylic acids is 2. The second-order valence-electron chi connectivity index (χ2n) is 12.5. The summed E-state index contributed by atoms with van der Waals surface area (Å²) in [5.74, 6) is -1.92. The van der Waals surface area contributed by atoms with Crippen LogP contribution >= 0.6 is 0 Å². The fraction of sp³-hybridized carbons (Fsp3) is 0.581. The Morgan fingerprint density at radius 1 is 1.02 bits per heavy atom. The van der Waals surface area contributed by atoms with Gasteiger partial charge < -0.3 is 20.3 Å². The second kappa shape index (κ2) is 11.2. The van der Waals surface area contributed by atoms with Gasteiger partial charge in [0, 0.05) is 29.5 Å². The van der Waals surface area contributed by atoms with Crippen LogP contribution < -0.4 is 10.6 Å². The summed E-state index contributed by atoms with van der Waals surface area (Å²) >= 11 is 0. The molecule has 2 amide bonds. The van der Waals surface area contributed by atoms with E-state index in [1.165, 1.54) is 6.42 Å². The van der Waals surface area contributed by atoms with E-state index in [2.05, 4.69) is 16.8 Å². The summed E-state index contributed by atoms with van der Waals surface area (Å²) in [6.07, 6.45) is 3.80.